The summed E-state index contributed by atoms with van der Waals surface area (Å²) in [5.41, 5.74) is 3.21. The Morgan fingerprint density at radius 3 is 2.54 bits per heavy atom. The standard InChI is InChI=1S/C21H23N3O2/c1-2-24(15-16-8-4-3-5-9-16)21(26)20(25)22-13-12-17-14-23-19-11-7-6-10-18(17)19/h3-11,14,23H,2,12-13,15H2,1H3,(H,22,25). The van der Waals surface area contributed by atoms with E-state index in [1.165, 1.54) is 0 Å². The first-order valence-electron chi connectivity index (χ1n) is 8.85. The number of hydrogen-bond donors (Lipinski definition) is 2. The van der Waals surface area contributed by atoms with E-state index in [0.29, 0.717) is 26.1 Å². The quantitative estimate of drug-likeness (QED) is 0.672. The molecule has 5 heteroatoms. The predicted octanol–water partition coefficient (Wildman–Crippen LogP) is 2.88. The van der Waals surface area contributed by atoms with Crippen LogP contribution in [0.4, 0.5) is 0 Å². The molecule has 0 unspecified atom stereocenters. The van der Waals surface area contributed by atoms with Crippen molar-refractivity contribution in [2.45, 2.75) is 19.9 Å². The van der Waals surface area contributed by atoms with Crippen molar-refractivity contribution in [3.8, 4) is 0 Å². The van der Waals surface area contributed by atoms with E-state index >= 15 is 0 Å². The molecule has 1 aromatic heterocycles. The average molecular weight is 349 g/mol. The number of aromatic nitrogens is 1. The molecule has 0 fully saturated rings. The highest BCUT2D eigenvalue weighted by Gasteiger charge is 2.20. The maximum Gasteiger partial charge on any atom is 0.312 e. The van der Waals surface area contributed by atoms with E-state index < -0.39 is 11.8 Å². The van der Waals surface area contributed by atoms with Crippen LogP contribution in [-0.4, -0.2) is 34.8 Å². The van der Waals surface area contributed by atoms with Crippen molar-refractivity contribution in [1.29, 1.82) is 0 Å². The Labute approximate surface area is 153 Å². The lowest BCUT2D eigenvalue weighted by Crippen LogP contribution is -2.43. The molecule has 5 nitrogen and oxygen atoms in total. The number of rotatable bonds is 6. The first-order chi connectivity index (χ1) is 12.7. The molecule has 0 spiro atoms. The van der Waals surface area contributed by atoms with Gasteiger partial charge in [-0.1, -0.05) is 48.5 Å². The number of fused-ring (bicyclic) bond motifs is 1. The normalized spacial score (nSPS) is 10.7. The van der Waals surface area contributed by atoms with Crippen LogP contribution in [0.5, 0.6) is 0 Å². The summed E-state index contributed by atoms with van der Waals surface area (Å²) in [5.74, 6) is -1.04. The van der Waals surface area contributed by atoms with Crippen molar-refractivity contribution < 1.29 is 9.59 Å². The second-order valence-corrected chi connectivity index (χ2v) is 6.17. The molecule has 0 aliphatic carbocycles. The lowest BCUT2D eigenvalue weighted by atomic mass is 10.1. The van der Waals surface area contributed by atoms with Gasteiger partial charge in [-0.3, -0.25) is 9.59 Å². The first kappa shape index (κ1) is 17.7. The summed E-state index contributed by atoms with van der Waals surface area (Å²) in [7, 11) is 0. The largest absolute Gasteiger partial charge is 0.361 e. The van der Waals surface area contributed by atoms with Gasteiger partial charge in [-0.25, -0.2) is 0 Å². The third kappa shape index (κ3) is 4.11. The van der Waals surface area contributed by atoms with Crippen LogP contribution >= 0.6 is 0 Å². The van der Waals surface area contributed by atoms with E-state index in [-0.39, 0.29) is 0 Å². The van der Waals surface area contributed by atoms with E-state index in [9.17, 15) is 9.59 Å². The van der Waals surface area contributed by atoms with Gasteiger partial charge >= 0.3 is 11.8 Å². The fourth-order valence-electron chi connectivity index (χ4n) is 3.00. The van der Waals surface area contributed by atoms with Crippen LogP contribution in [0.25, 0.3) is 10.9 Å². The molecular weight excluding hydrogens is 326 g/mol. The molecule has 1 heterocycles. The van der Waals surface area contributed by atoms with Crippen LogP contribution in [0.3, 0.4) is 0 Å². The monoisotopic (exact) mass is 349 g/mol. The lowest BCUT2D eigenvalue weighted by Gasteiger charge is -2.20. The summed E-state index contributed by atoms with van der Waals surface area (Å²) in [4.78, 5) is 29.4. The number of carbonyl (C=O) groups excluding carboxylic acids is 2. The summed E-state index contributed by atoms with van der Waals surface area (Å²) in [6.45, 7) is 3.23. The maximum atomic E-state index is 12.4. The van der Waals surface area contributed by atoms with Crippen LogP contribution in [0.2, 0.25) is 0 Å². The number of amides is 2. The second-order valence-electron chi connectivity index (χ2n) is 6.17. The zero-order valence-electron chi connectivity index (χ0n) is 14.9. The number of carbonyl (C=O) groups is 2. The molecule has 26 heavy (non-hydrogen) atoms. The molecule has 2 aromatic carbocycles. The SMILES string of the molecule is CCN(Cc1ccccc1)C(=O)C(=O)NCCc1c[nH]c2ccccc12. The fourth-order valence-corrected chi connectivity index (χ4v) is 3.00. The number of para-hydroxylation sites is 1. The predicted molar refractivity (Wildman–Crippen MR) is 103 cm³/mol. The Hall–Kier alpha value is -3.08. The van der Waals surface area contributed by atoms with Gasteiger partial charge < -0.3 is 15.2 Å². The molecule has 0 bridgehead atoms. The van der Waals surface area contributed by atoms with Gasteiger partial charge in [0.15, 0.2) is 0 Å². The van der Waals surface area contributed by atoms with E-state index in [4.69, 9.17) is 0 Å². The minimum atomic E-state index is -0.553. The first-order valence-corrected chi connectivity index (χ1v) is 8.85. The van der Waals surface area contributed by atoms with E-state index in [2.05, 4.69) is 10.3 Å². The second kappa shape index (κ2) is 8.34. The fraction of sp³-hybridized carbons (Fsp3) is 0.238. The average Bonchev–Trinajstić information content (AvgIpc) is 3.09. The number of H-pyrrole nitrogens is 1. The van der Waals surface area contributed by atoms with Crippen LogP contribution in [0, 0.1) is 0 Å². The van der Waals surface area contributed by atoms with Gasteiger partial charge in [0.05, 0.1) is 0 Å². The zero-order chi connectivity index (χ0) is 18.4. The number of nitrogens with one attached hydrogen (secondary N) is 2. The molecule has 0 aliphatic rings. The summed E-state index contributed by atoms with van der Waals surface area (Å²) >= 11 is 0. The highest BCUT2D eigenvalue weighted by molar-refractivity contribution is 6.34. The van der Waals surface area contributed by atoms with E-state index in [1.54, 1.807) is 4.90 Å². The zero-order valence-corrected chi connectivity index (χ0v) is 14.9. The van der Waals surface area contributed by atoms with Gasteiger partial charge in [0, 0.05) is 36.7 Å². The van der Waals surface area contributed by atoms with Crippen molar-refractivity contribution in [2.75, 3.05) is 13.1 Å². The van der Waals surface area contributed by atoms with Crippen molar-refractivity contribution in [3.05, 3.63) is 71.9 Å². The van der Waals surface area contributed by atoms with Crippen LogP contribution < -0.4 is 5.32 Å². The van der Waals surface area contributed by atoms with Gasteiger partial charge in [-0.2, -0.15) is 0 Å². The van der Waals surface area contributed by atoms with Crippen LogP contribution in [0.15, 0.2) is 60.8 Å². The number of hydrogen-bond acceptors (Lipinski definition) is 2. The number of benzene rings is 2. The van der Waals surface area contributed by atoms with Gasteiger partial charge in [0.1, 0.15) is 0 Å². The van der Waals surface area contributed by atoms with Gasteiger partial charge in [-0.15, -0.1) is 0 Å². The Bertz CT molecular complexity index is 886. The van der Waals surface area contributed by atoms with Crippen LogP contribution in [0.1, 0.15) is 18.1 Å². The molecule has 2 amide bonds. The van der Waals surface area contributed by atoms with Crippen molar-refractivity contribution >= 4 is 22.7 Å². The van der Waals surface area contributed by atoms with E-state index in [0.717, 1.165) is 22.0 Å². The Morgan fingerprint density at radius 2 is 1.77 bits per heavy atom. The molecular formula is C21H23N3O2. The molecule has 0 aliphatic heterocycles. The maximum absolute atomic E-state index is 12.4. The van der Waals surface area contributed by atoms with Crippen LogP contribution in [-0.2, 0) is 22.6 Å². The highest BCUT2D eigenvalue weighted by Crippen LogP contribution is 2.17. The minimum absolute atomic E-state index is 0.426. The number of aromatic amines is 1. The third-order valence-electron chi connectivity index (χ3n) is 4.43. The Morgan fingerprint density at radius 1 is 1.04 bits per heavy atom. The summed E-state index contributed by atoms with van der Waals surface area (Å²) < 4.78 is 0. The number of likely N-dealkylation sites (N-methyl/N-ethyl adjacent to an activating group) is 1. The third-order valence-corrected chi connectivity index (χ3v) is 4.43. The molecule has 134 valence electrons. The lowest BCUT2D eigenvalue weighted by molar-refractivity contribution is -0.146. The summed E-state index contributed by atoms with van der Waals surface area (Å²) in [6, 6.07) is 17.7. The molecule has 3 aromatic rings. The smallest absolute Gasteiger partial charge is 0.312 e. The van der Waals surface area contributed by atoms with Crippen molar-refractivity contribution in [1.82, 2.24) is 15.2 Å². The molecule has 0 atom stereocenters. The van der Waals surface area contributed by atoms with E-state index in [1.807, 2.05) is 67.7 Å². The molecule has 3 rings (SSSR count). The highest BCUT2D eigenvalue weighted by atomic mass is 16.2. The van der Waals surface area contributed by atoms with Gasteiger partial charge in [-0.05, 0) is 30.5 Å². The molecule has 2 N–H and O–H groups in total. The Balaban J connectivity index is 1.54. The number of nitrogens with zero attached hydrogens (tertiary/aromatic N) is 1. The summed E-state index contributed by atoms with van der Waals surface area (Å²) in [5, 5.41) is 3.89. The summed E-state index contributed by atoms with van der Waals surface area (Å²) in [6.07, 6.45) is 2.63. The Kier molecular flexibility index (Phi) is 5.69. The molecule has 0 saturated carbocycles. The minimum Gasteiger partial charge on any atom is -0.361 e. The molecule has 0 saturated heterocycles. The topological polar surface area (TPSA) is 65.2 Å². The van der Waals surface area contributed by atoms with Crippen molar-refractivity contribution in [3.63, 3.8) is 0 Å². The van der Waals surface area contributed by atoms with Gasteiger partial charge in [0.2, 0.25) is 0 Å². The molecule has 0 radical (unpaired) electrons. The van der Waals surface area contributed by atoms with Gasteiger partial charge in [0.25, 0.3) is 0 Å². The van der Waals surface area contributed by atoms with Crippen molar-refractivity contribution in [2.24, 2.45) is 0 Å².